The van der Waals surface area contributed by atoms with Gasteiger partial charge in [-0.15, -0.1) is 0 Å². The van der Waals surface area contributed by atoms with Crippen molar-refractivity contribution < 1.29 is 9.90 Å². The summed E-state index contributed by atoms with van der Waals surface area (Å²) in [6.07, 6.45) is 5.59. The van der Waals surface area contributed by atoms with E-state index in [1.54, 1.807) is 6.20 Å². The highest BCUT2D eigenvalue weighted by Crippen LogP contribution is 2.25. The van der Waals surface area contributed by atoms with Crippen molar-refractivity contribution in [3.8, 4) is 0 Å². The maximum Gasteiger partial charge on any atom is 0.320 e. The molecule has 1 saturated heterocycles. The molecule has 0 radical (unpaired) electrons. The SMILES string of the molecule is CCC1CCN(CCc2ccccn2)C(C(=O)O)C1. The fourth-order valence-electron chi connectivity index (χ4n) is 2.79. The van der Waals surface area contributed by atoms with Crippen molar-refractivity contribution in [1.82, 2.24) is 9.88 Å². The summed E-state index contributed by atoms with van der Waals surface area (Å²) in [4.78, 5) is 17.8. The van der Waals surface area contributed by atoms with Gasteiger partial charge in [-0.1, -0.05) is 19.4 Å². The molecule has 4 heteroatoms. The summed E-state index contributed by atoms with van der Waals surface area (Å²) in [5.41, 5.74) is 1.03. The normalized spacial score (nSPS) is 24.3. The van der Waals surface area contributed by atoms with Crippen LogP contribution in [-0.4, -0.2) is 40.1 Å². The lowest BCUT2D eigenvalue weighted by Crippen LogP contribution is -2.47. The van der Waals surface area contributed by atoms with Gasteiger partial charge in [-0.3, -0.25) is 14.7 Å². The summed E-state index contributed by atoms with van der Waals surface area (Å²) in [6.45, 7) is 3.82. The molecule has 1 fully saturated rings. The second-order valence-corrected chi connectivity index (χ2v) is 5.26. The van der Waals surface area contributed by atoms with Crippen LogP contribution < -0.4 is 0 Å². The number of aromatic nitrogens is 1. The molecule has 4 nitrogen and oxygen atoms in total. The van der Waals surface area contributed by atoms with E-state index in [0.717, 1.165) is 44.5 Å². The molecule has 2 rings (SSSR count). The van der Waals surface area contributed by atoms with E-state index in [2.05, 4.69) is 16.8 Å². The standard InChI is InChI=1S/C15H22N2O2/c1-2-12-6-9-17(14(11-12)15(18)19)10-7-13-5-3-4-8-16-13/h3-5,8,12,14H,2,6-7,9-11H2,1H3,(H,18,19). The van der Waals surface area contributed by atoms with Crippen molar-refractivity contribution in [1.29, 1.82) is 0 Å². The van der Waals surface area contributed by atoms with Crippen LogP contribution in [-0.2, 0) is 11.2 Å². The molecular weight excluding hydrogens is 240 g/mol. The van der Waals surface area contributed by atoms with Crippen LogP contribution in [0.5, 0.6) is 0 Å². The molecule has 0 aliphatic carbocycles. The molecule has 1 N–H and O–H groups in total. The lowest BCUT2D eigenvalue weighted by atomic mass is 9.89. The number of nitrogens with zero attached hydrogens (tertiary/aromatic N) is 2. The molecule has 0 aromatic carbocycles. The summed E-state index contributed by atoms with van der Waals surface area (Å²) in [6, 6.07) is 5.55. The number of rotatable bonds is 5. The van der Waals surface area contributed by atoms with Crippen LogP contribution in [0.15, 0.2) is 24.4 Å². The van der Waals surface area contributed by atoms with E-state index in [-0.39, 0.29) is 6.04 Å². The van der Waals surface area contributed by atoms with E-state index in [9.17, 15) is 9.90 Å². The van der Waals surface area contributed by atoms with Gasteiger partial charge in [0.2, 0.25) is 0 Å². The van der Waals surface area contributed by atoms with Crippen LogP contribution in [0.1, 0.15) is 31.9 Å². The van der Waals surface area contributed by atoms with Crippen LogP contribution >= 0.6 is 0 Å². The first-order valence-electron chi connectivity index (χ1n) is 7.07. The zero-order chi connectivity index (χ0) is 13.7. The Morgan fingerprint density at radius 1 is 1.53 bits per heavy atom. The van der Waals surface area contributed by atoms with Gasteiger partial charge in [0, 0.05) is 24.9 Å². The topological polar surface area (TPSA) is 53.4 Å². The molecular formula is C15H22N2O2. The van der Waals surface area contributed by atoms with Crippen molar-refractivity contribution in [2.45, 2.75) is 38.6 Å². The van der Waals surface area contributed by atoms with Crippen molar-refractivity contribution in [2.75, 3.05) is 13.1 Å². The highest BCUT2D eigenvalue weighted by molar-refractivity contribution is 5.73. The van der Waals surface area contributed by atoms with E-state index in [0.29, 0.717) is 5.92 Å². The molecule has 104 valence electrons. The zero-order valence-electron chi connectivity index (χ0n) is 11.5. The van der Waals surface area contributed by atoms with Gasteiger partial charge in [-0.2, -0.15) is 0 Å². The number of carbonyl (C=O) groups is 1. The third-order valence-corrected chi connectivity index (χ3v) is 4.07. The number of carboxylic acid groups (broad SMARTS) is 1. The molecule has 0 bridgehead atoms. The second kappa shape index (κ2) is 6.66. The van der Waals surface area contributed by atoms with E-state index in [4.69, 9.17) is 0 Å². The average Bonchev–Trinajstić information content (AvgIpc) is 2.46. The monoisotopic (exact) mass is 262 g/mol. The van der Waals surface area contributed by atoms with E-state index >= 15 is 0 Å². The summed E-state index contributed by atoms with van der Waals surface area (Å²) < 4.78 is 0. The van der Waals surface area contributed by atoms with Gasteiger partial charge in [0.05, 0.1) is 0 Å². The quantitative estimate of drug-likeness (QED) is 0.884. The zero-order valence-corrected chi connectivity index (χ0v) is 11.5. The molecule has 2 heterocycles. The smallest absolute Gasteiger partial charge is 0.320 e. The third-order valence-electron chi connectivity index (χ3n) is 4.07. The molecule has 1 aliphatic heterocycles. The Kier molecular flexibility index (Phi) is 4.91. The van der Waals surface area contributed by atoms with E-state index in [1.807, 2.05) is 18.2 Å². The van der Waals surface area contributed by atoms with Crippen LogP contribution in [0.25, 0.3) is 0 Å². The van der Waals surface area contributed by atoms with Gasteiger partial charge in [0.1, 0.15) is 6.04 Å². The van der Waals surface area contributed by atoms with Crippen LogP contribution in [0, 0.1) is 5.92 Å². The number of pyridine rings is 1. The van der Waals surface area contributed by atoms with Gasteiger partial charge < -0.3 is 5.11 Å². The lowest BCUT2D eigenvalue weighted by Gasteiger charge is -2.36. The van der Waals surface area contributed by atoms with Gasteiger partial charge in [-0.05, 0) is 37.4 Å². The minimum absolute atomic E-state index is 0.317. The average molecular weight is 262 g/mol. The molecule has 2 unspecified atom stereocenters. The summed E-state index contributed by atoms with van der Waals surface area (Å²) in [7, 11) is 0. The molecule has 0 saturated carbocycles. The van der Waals surface area contributed by atoms with E-state index < -0.39 is 5.97 Å². The molecule has 19 heavy (non-hydrogen) atoms. The predicted molar refractivity (Wildman–Crippen MR) is 74.0 cm³/mol. The Labute approximate surface area is 114 Å². The fraction of sp³-hybridized carbons (Fsp3) is 0.600. The number of hydrogen-bond acceptors (Lipinski definition) is 3. The second-order valence-electron chi connectivity index (χ2n) is 5.26. The number of likely N-dealkylation sites (tertiary alicyclic amines) is 1. The summed E-state index contributed by atoms with van der Waals surface area (Å²) in [5.74, 6) is -0.119. The van der Waals surface area contributed by atoms with Crippen molar-refractivity contribution >= 4 is 5.97 Å². The first kappa shape index (κ1) is 14.0. The minimum Gasteiger partial charge on any atom is -0.480 e. The Bertz CT molecular complexity index is 408. The Hall–Kier alpha value is -1.42. The Balaban J connectivity index is 1.93. The Morgan fingerprint density at radius 2 is 2.37 bits per heavy atom. The largest absolute Gasteiger partial charge is 0.480 e. The molecule has 1 aromatic rings. The maximum atomic E-state index is 11.4. The number of carboxylic acids is 1. The highest BCUT2D eigenvalue weighted by atomic mass is 16.4. The van der Waals surface area contributed by atoms with Crippen LogP contribution in [0.2, 0.25) is 0 Å². The number of hydrogen-bond donors (Lipinski definition) is 1. The van der Waals surface area contributed by atoms with Crippen molar-refractivity contribution in [3.63, 3.8) is 0 Å². The number of aliphatic carboxylic acids is 1. The van der Waals surface area contributed by atoms with E-state index in [1.165, 1.54) is 0 Å². The van der Waals surface area contributed by atoms with Crippen molar-refractivity contribution in [3.05, 3.63) is 30.1 Å². The van der Waals surface area contributed by atoms with Gasteiger partial charge >= 0.3 is 5.97 Å². The number of piperidine rings is 1. The molecule has 0 spiro atoms. The molecule has 1 aliphatic rings. The van der Waals surface area contributed by atoms with Gasteiger partial charge in [-0.25, -0.2) is 0 Å². The molecule has 2 atom stereocenters. The summed E-state index contributed by atoms with van der Waals surface area (Å²) in [5, 5.41) is 9.36. The maximum absolute atomic E-state index is 11.4. The van der Waals surface area contributed by atoms with Crippen LogP contribution in [0.4, 0.5) is 0 Å². The van der Waals surface area contributed by atoms with Gasteiger partial charge in [0.15, 0.2) is 0 Å². The van der Waals surface area contributed by atoms with Crippen molar-refractivity contribution in [2.24, 2.45) is 5.92 Å². The highest BCUT2D eigenvalue weighted by Gasteiger charge is 2.32. The Morgan fingerprint density at radius 3 is 3.00 bits per heavy atom. The molecule has 0 amide bonds. The third kappa shape index (κ3) is 3.77. The minimum atomic E-state index is -0.681. The molecule has 1 aromatic heterocycles. The van der Waals surface area contributed by atoms with Gasteiger partial charge in [0.25, 0.3) is 0 Å². The van der Waals surface area contributed by atoms with Crippen LogP contribution in [0.3, 0.4) is 0 Å². The fourth-order valence-corrected chi connectivity index (χ4v) is 2.79. The summed E-state index contributed by atoms with van der Waals surface area (Å²) >= 11 is 0. The first-order chi connectivity index (χ1) is 9.20. The predicted octanol–water partition coefficient (Wildman–Crippen LogP) is 2.20. The lowest BCUT2D eigenvalue weighted by molar-refractivity contribution is -0.145. The first-order valence-corrected chi connectivity index (χ1v) is 7.07.